The average Bonchev–Trinajstić information content (AvgIpc) is 2.86. The van der Waals surface area contributed by atoms with Crippen molar-refractivity contribution in [3.8, 4) is 0 Å². The van der Waals surface area contributed by atoms with E-state index in [0.29, 0.717) is 15.8 Å². The number of rotatable bonds is 4. The summed E-state index contributed by atoms with van der Waals surface area (Å²) < 4.78 is 5.46. The van der Waals surface area contributed by atoms with Crippen LogP contribution in [0.25, 0.3) is 0 Å². The number of ether oxygens (including phenoxy) is 1. The molecule has 0 unspecified atom stereocenters. The van der Waals surface area contributed by atoms with Gasteiger partial charge in [0.1, 0.15) is 4.88 Å². The van der Waals surface area contributed by atoms with Gasteiger partial charge in [-0.25, -0.2) is 9.78 Å². The first-order valence-electron chi connectivity index (χ1n) is 5.74. The number of thiazole rings is 1. The Hall–Kier alpha value is -1.44. The zero-order valence-corrected chi connectivity index (χ0v) is 14.2. The van der Waals surface area contributed by atoms with Gasteiger partial charge >= 0.3 is 5.97 Å². The van der Waals surface area contributed by atoms with Gasteiger partial charge < -0.3 is 10.1 Å². The maximum absolute atomic E-state index is 11.6. The zero-order valence-electron chi connectivity index (χ0n) is 11.1. The first-order valence-corrected chi connectivity index (χ1v) is 7.73. The number of hydrogen-bond donors (Lipinski definition) is 1. The number of esters is 1. The molecule has 0 aliphatic rings. The quantitative estimate of drug-likeness (QED) is 0.624. The molecule has 1 aromatic carbocycles. The first-order chi connectivity index (χ1) is 9.92. The Bertz CT molecular complexity index is 717. The van der Waals surface area contributed by atoms with Gasteiger partial charge in [0.2, 0.25) is 0 Å². The van der Waals surface area contributed by atoms with E-state index in [0.717, 1.165) is 15.8 Å². The molecule has 2 rings (SSSR count). The van der Waals surface area contributed by atoms with Crippen LogP contribution in [0, 0.1) is 0 Å². The molecular weight excluding hydrogens is 380 g/mol. The average molecular weight is 390 g/mol. The lowest BCUT2D eigenvalue weighted by atomic mass is 10.3. The van der Waals surface area contributed by atoms with Crippen LogP contribution in [0.3, 0.4) is 0 Å². The third-order valence-corrected chi connectivity index (χ3v) is 4.39. The number of hydrogen-bond acceptors (Lipinski definition) is 6. The van der Waals surface area contributed by atoms with Gasteiger partial charge in [0, 0.05) is 11.4 Å². The van der Waals surface area contributed by atoms with E-state index in [1.54, 1.807) is 18.2 Å². The molecule has 5 nitrogen and oxygen atoms in total. The summed E-state index contributed by atoms with van der Waals surface area (Å²) in [5, 5.41) is 3.88. The molecule has 0 saturated carbocycles. The molecule has 1 heterocycles. The van der Waals surface area contributed by atoms with E-state index in [-0.39, 0.29) is 16.4 Å². The Morgan fingerprint density at radius 3 is 2.76 bits per heavy atom. The number of aromatic nitrogens is 1. The van der Waals surface area contributed by atoms with Crippen LogP contribution in [0.2, 0.25) is 5.02 Å². The highest BCUT2D eigenvalue weighted by molar-refractivity contribution is 9.10. The van der Waals surface area contributed by atoms with Gasteiger partial charge in [-0.05, 0) is 18.2 Å². The predicted molar refractivity (Wildman–Crippen MR) is 85.9 cm³/mol. The maximum Gasteiger partial charge on any atom is 0.358 e. The van der Waals surface area contributed by atoms with E-state index in [9.17, 15) is 9.59 Å². The van der Waals surface area contributed by atoms with Crippen LogP contribution < -0.4 is 5.32 Å². The lowest BCUT2D eigenvalue weighted by Gasteiger charge is -2.05. The number of carbonyl (C=O) groups excluding carboxylic acids is 2. The smallest absolute Gasteiger partial charge is 0.358 e. The molecule has 0 amide bonds. The number of nitrogens with zero attached hydrogens (tertiary/aromatic N) is 1. The fourth-order valence-electron chi connectivity index (χ4n) is 1.56. The summed E-state index contributed by atoms with van der Waals surface area (Å²) in [7, 11) is 1.24. The SMILES string of the molecule is COC(=O)c1nc(Nc2cc(Br)ccc2Cl)sc1C(C)=O. The molecule has 0 saturated heterocycles. The van der Waals surface area contributed by atoms with Gasteiger partial charge in [-0.2, -0.15) is 0 Å². The highest BCUT2D eigenvalue weighted by atomic mass is 79.9. The van der Waals surface area contributed by atoms with Crippen molar-refractivity contribution in [2.75, 3.05) is 12.4 Å². The van der Waals surface area contributed by atoms with Crippen molar-refractivity contribution in [1.82, 2.24) is 4.98 Å². The van der Waals surface area contributed by atoms with E-state index in [4.69, 9.17) is 11.6 Å². The second-order valence-electron chi connectivity index (χ2n) is 3.99. The second kappa shape index (κ2) is 6.55. The van der Waals surface area contributed by atoms with Crippen molar-refractivity contribution in [1.29, 1.82) is 0 Å². The summed E-state index contributed by atoms with van der Waals surface area (Å²) >= 11 is 10.5. The molecule has 1 N–H and O–H groups in total. The monoisotopic (exact) mass is 388 g/mol. The number of halogens is 2. The van der Waals surface area contributed by atoms with Crippen molar-refractivity contribution < 1.29 is 14.3 Å². The molecule has 8 heteroatoms. The molecule has 110 valence electrons. The number of ketones is 1. The van der Waals surface area contributed by atoms with E-state index in [1.165, 1.54) is 14.0 Å². The Morgan fingerprint density at radius 2 is 2.14 bits per heavy atom. The molecule has 0 spiro atoms. The maximum atomic E-state index is 11.6. The zero-order chi connectivity index (χ0) is 15.6. The third-order valence-electron chi connectivity index (χ3n) is 2.50. The number of methoxy groups -OCH3 is 1. The molecule has 0 fully saturated rings. The van der Waals surface area contributed by atoms with Crippen LogP contribution in [-0.2, 0) is 4.74 Å². The standard InChI is InChI=1S/C13H10BrClN2O3S/c1-6(18)11-10(12(19)20-2)17-13(21-11)16-9-5-7(14)3-4-8(9)15/h3-5H,1-2H3,(H,16,17). The fraction of sp³-hybridized carbons (Fsp3) is 0.154. The van der Waals surface area contributed by atoms with Crippen molar-refractivity contribution in [3.05, 3.63) is 38.3 Å². The molecule has 0 radical (unpaired) electrons. The topological polar surface area (TPSA) is 68.3 Å². The summed E-state index contributed by atoms with van der Waals surface area (Å²) in [6.45, 7) is 1.37. The van der Waals surface area contributed by atoms with E-state index < -0.39 is 5.97 Å². The highest BCUT2D eigenvalue weighted by Gasteiger charge is 2.22. The normalized spacial score (nSPS) is 10.3. The summed E-state index contributed by atoms with van der Waals surface area (Å²) in [5.74, 6) is -0.897. The van der Waals surface area contributed by atoms with Crippen molar-refractivity contribution in [2.24, 2.45) is 0 Å². The van der Waals surface area contributed by atoms with Gasteiger partial charge in [0.25, 0.3) is 0 Å². The van der Waals surface area contributed by atoms with Crippen LogP contribution in [0.5, 0.6) is 0 Å². The fourth-order valence-corrected chi connectivity index (χ4v) is 2.94. The minimum absolute atomic E-state index is 0.00335. The van der Waals surface area contributed by atoms with Gasteiger partial charge in [0.15, 0.2) is 16.6 Å². The van der Waals surface area contributed by atoms with E-state index >= 15 is 0 Å². The highest BCUT2D eigenvalue weighted by Crippen LogP contribution is 2.32. The van der Waals surface area contributed by atoms with E-state index in [1.807, 2.05) is 0 Å². The Kier molecular flexibility index (Phi) is 4.97. The van der Waals surface area contributed by atoms with Gasteiger partial charge in [0.05, 0.1) is 17.8 Å². The third kappa shape index (κ3) is 3.61. The molecule has 21 heavy (non-hydrogen) atoms. The number of anilines is 2. The van der Waals surface area contributed by atoms with Crippen LogP contribution in [0.15, 0.2) is 22.7 Å². The van der Waals surface area contributed by atoms with E-state index in [2.05, 4.69) is 31.0 Å². The first kappa shape index (κ1) is 15.9. The van der Waals surface area contributed by atoms with Crippen LogP contribution in [0.4, 0.5) is 10.8 Å². The van der Waals surface area contributed by atoms with Crippen molar-refractivity contribution in [2.45, 2.75) is 6.92 Å². The summed E-state index contributed by atoms with van der Waals surface area (Å²) in [6, 6.07) is 5.29. The minimum Gasteiger partial charge on any atom is -0.464 e. The largest absolute Gasteiger partial charge is 0.464 e. The van der Waals surface area contributed by atoms with Gasteiger partial charge in [-0.1, -0.05) is 38.9 Å². The minimum atomic E-state index is -0.648. The summed E-state index contributed by atoms with van der Waals surface area (Å²) in [6.07, 6.45) is 0. The lowest BCUT2D eigenvalue weighted by Crippen LogP contribution is -2.07. The van der Waals surface area contributed by atoms with Crippen molar-refractivity contribution in [3.63, 3.8) is 0 Å². The number of carbonyl (C=O) groups is 2. The van der Waals surface area contributed by atoms with Gasteiger partial charge in [-0.15, -0.1) is 0 Å². The molecule has 0 atom stereocenters. The van der Waals surface area contributed by atoms with Crippen LogP contribution >= 0.6 is 38.9 Å². The molecule has 2 aromatic rings. The Labute approximate surface area is 138 Å². The Morgan fingerprint density at radius 1 is 1.43 bits per heavy atom. The predicted octanol–water partition coefficient (Wildman–Crippen LogP) is 4.29. The second-order valence-corrected chi connectivity index (χ2v) is 6.32. The molecule has 1 aromatic heterocycles. The molecule has 0 aliphatic heterocycles. The van der Waals surface area contributed by atoms with Gasteiger partial charge in [-0.3, -0.25) is 4.79 Å². The van der Waals surface area contributed by atoms with Crippen LogP contribution in [-0.4, -0.2) is 23.8 Å². The lowest BCUT2D eigenvalue weighted by molar-refractivity contribution is 0.0591. The molecule has 0 aliphatic carbocycles. The Balaban J connectivity index is 2.39. The summed E-state index contributed by atoms with van der Waals surface area (Å²) in [4.78, 5) is 27.6. The number of nitrogens with one attached hydrogen (secondary N) is 1. The number of Topliss-reactive ketones (excluding diaryl/α,β-unsaturated/α-hetero) is 1. The summed E-state index contributed by atoms with van der Waals surface area (Å²) in [5.41, 5.74) is 0.620. The van der Waals surface area contributed by atoms with Crippen LogP contribution in [0.1, 0.15) is 27.1 Å². The molecule has 0 bridgehead atoms. The van der Waals surface area contributed by atoms with Crippen molar-refractivity contribution >= 4 is 61.4 Å². The molecular formula is C13H10BrClN2O3S. The number of benzene rings is 1.